The Bertz CT molecular complexity index is 696. The van der Waals surface area contributed by atoms with Gasteiger partial charge in [0.25, 0.3) is 0 Å². The van der Waals surface area contributed by atoms with Crippen molar-refractivity contribution in [3.8, 4) is 16.9 Å². The summed E-state index contributed by atoms with van der Waals surface area (Å²) in [6.45, 7) is 4.14. The Morgan fingerprint density at radius 2 is 1.63 bits per heavy atom. The van der Waals surface area contributed by atoms with Crippen LogP contribution < -0.4 is 0 Å². The fourth-order valence-electron chi connectivity index (χ4n) is 2.28. The van der Waals surface area contributed by atoms with Crippen LogP contribution in [-0.2, 0) is 0 Å². The molecule has 2 heteroatoms. The van der Waals surface area contributed by atoms with Gasteiger partial charge in [-0.2, -0.15) is 5.10 Å². The van der Waals surface area contributed by atoms with Crippen LogP contribution in [0.1, 0.15) is 11.3 Å². The van der Waals surface area contributed by atoms with Crippen LogP contribution in [0.2, 0.25) is 0 Å². The van der Waals surface area contributed by atoms with Crippen LogP contribution in [-0.4, -0.2) is 9.78 Å². The van der Waals surface area contributed by atoms with E-state index in [1.165, 1.54) is 11.1 Å². The number of nitrogens with zero attached hydrogens (tertiary/aromatic N) is 2. The molecular formula is C17H16N2. The van der Waals surface area contributed by atoms with Crippen molar-refractivity contribution in [1.82, 2.24) is 9.78 Å². The molecule has 3 rings (SSSR count). The molecule has 0 aliphatic rings. The van der Waals surface area contributed by atoms with Crippen molar-refractivity contribution in [3.05, 3.63) is 71.9 Å². The third kappa shape index (κ3) is 2.29. The Morgan fingerprint density at radius 1 is 0.842 bits per heavy atom. The third-order valence-corrected chi connectivity index (χ3v) is 3.15. The van der Waals surface area contributed by atoms with Crippen LogP contribution in [0.5, 0.6) is 0 Å². The Balaban J connectivity index is 2.18. The minimum absolute atomic E-state index is 1.03. The molecule has 0 amide bonds. The average Bonchev–Trinajstić information content (AvgIpc) is 2.82. The van der Waals surface area contributed by atoms with Crippen molar-refractivity contribution >= 4 is 0 Å². The van der Waals surface area contributed by atoms with Gasteiger partial charge < -0.3 is 0 Å². The second kappa shape index (κ2) is 4.73. The number of hydrogen-bond acceptors (Lipinski definition) is 1. The van der Waals surface area contributed by atoms with Crippen LogP contribution in [0, 0.1) is 13.8 Å². The Hall–Kier alpha value is -2.35. The van der Waals surface area contributed by atoms with E-state index in [0.717, 1.165) is 17.1 Å². The molecule has 0 bridgehead atoms. The highest BCUT2D eigenvalue weighted by Crippen LogP contribution is 2.24. The van der Waals surface area contributed by atoms with Crippen LogP contribution in [0.25, 0.3) is 16.9 Å². The molecular weight excluding hydrogens is 232 g/mol. The molecule has 2 aromatic carbocycles. The molecule has 2 nitrogen and oxygen atoms in total. The quantitative estimate of drug-likeness (QED) is 0.666. The van der Waals surface area contributed by atoms with Gasteiger partial charge in [0.05, 0.1) is 17.1 Å². The van der Waals surface area contributed by atoms with Crippen molar-refractivity contribution in [2.75, 3.05) is 0 Å². The van der Waals surface area contributed by atoms with Gasteiger partial charge in [-0.25, -0.2) is 4.68 Å². The molecule has 0 unspecified atom stereocenters. The summed E-state index contributed by atoms with van der Waals surface area (Å²) < 4.78 is 2.00. The summed E-state index contributed by atoms with van der Waals surface area (Å²) in [4.78, 5) is 0. The van der Waals surface area contributed by atoms with Gasteiger partial charge in [-0.3, -0.25) is 0 Å². The molecule has 0 atom stereocenters. The van der Waals surface area contributed by atoms with Crippen molar-refractivity contribution in [1.29, 1.82) is 0 Å². The first kappa shape index (κ1) is 11.7. The van der Waals surface area contributed by atoms with E-state index in [1.807, 2.05) is 29.8 Å². The molecule has 3 aromatic rings. The average molecular weight is 248 g/mol. The van der Waals surface area contributed by atoms with Gasteiger partial charge >= 0.3 is 0 Å². The molecule has 0 aliphatic heterocycles. The zero-order valence-corrected chi connectivity index (χ0v) is 11.2. The van der Waals surface area contributed by atoms with Gasteiger partial charge in [-0.1, -0.05) is 42.0 Å². The molecule has 0 saturated carbocycles. The first-order valence-electron chi connectivity index (χ1n) is 6.43. The summed E-state index contributed by atoms with van der Waals surface area (Å²) >= 11 is 0. The number of rotatable bonds is 2. The molecule has 0 saturated heterocycles. The molecule has 94 valence electrons. The molecule has 0 N–H and O–H groups in total. The Morgan fingerprint density at radius 3 is 2.37 bits per heavy atom. The molecule has 1 aromatic heterocycles. The highest BCUT2D eigenvalue weighted by Gasteiger charge is 2.09. The zero-order chi connectivity index (χ0) is 13.2. The van der Waals surface area contributed by atoms with Crippen LogP contribution >= 0.6 is 0 Å². The van der Waals surface area contributed by atoms with E-state index in [9.17, 15) is 0 Å². The molecule has 19 heavy (non-hydrogen) atoms. The van der Waals surface area contributed by atoms with Gasteiger partial charge in [0.15, 0.2) is 0 Å². The smallest absolute Gasteiger partial charge is 0.0743 e. The monoisotopic (exact) mass is 248 g/mol. The molecule has 0 radical (unpaired) electrons. The van der Waals surface area contributed by atoms with Crippen molar-refractivity contribution in [3.63, 3.8) is 0 Å². The summed E-state index contributed by atoms with van der Waals surface area (Å²) in [7, 11) is 0. The molecule has 0 aliphatic carbocycles. The summed E-state index contributed by atoms with van der Waals surface area (Å²) in [6.07, 6.45) is 0. The van der Waals surface area contributed by atoms with E-state index in [4.69, 9.17) is 0 Å². The summed E-state index contributed by atoms with van der Waals surface area (Å²) in [5.41, 5.74) is 5.71. The predicted octanol–water partition coefficient (Wildman–Crippen LogP) is 4.16. The van der Waals surface area contributed by atoms with Gasteiger partial charge in [0.1, 0.15) is 0 Å². The highest BCUT2D eigenvalue weighted by atomic mass is 15.3. The zero-order valence-electron chi connectivity index (χ0n) is 11.2. The minimum Gasteiger partial charge on any atom is -0.233 e. The number of aromatic nitrogens is 2. The SMILES string of the molecule is Cc1cccc(-c2cc(C)nn2-c2ccccc2)c1. The Kier molecular flexibility index (Phi) is 2.92. The van der Waals surface area contributed by atoms with Gasteiger partial charge in [0.2, 0.25) is 0 Å². The second-order valence-electron chi connectivity index (χ2n) is 4.79. The number of aryl methyl sites for hydroxylation is 2. The number of para-hydroxylation sites is 1. The largest absolute Gasteiger partial charge is 0.233 e. The fraction of sp³-hybridized carbons (Fsp3) is 0.118. The standard InChI is InChI=1S/C17H16N2/c1-13-7-6-8-15(11-13)17-12-14(2)18-19(17)16-9-4-3-5-10-16/h3-12H,1-2H3. The third-order valence-electron chi connectivity index (χ3n) is 3.15. The van der Waals surface area contributed by atoms with Crippen molar-refractivity contribution in [2.45, 2.75) is 13.8 Å². The normalized spacial score (nSPS) is 10.6. The lowest BCUT2D eigenvalue weighted by Gasteiger charge is -2.08. The highest BCUT2D eigenvalue weighted by molar-refractivity contribution is 5.63. The van der Waals surface area contributed by atoms with E-state index in [1.54, 1.807) is 0 Å². The van der Waals surface area contributed by atoms with Crippen molar-refractivity contribution in [2.24, 2.45) is 0 Å². The number of hydrogen-bond donors (Lipinski definition) is 0. The summed E-state index contributed by atoms with van der Waals surface area (Å²) in [5.74, 6) is 0. The first-order valence-corrected chi connectivity index (χ1v) is 6.43. The fourth-order valence-corrected chi connectivity index (χ4v) is 2.28. The topological polar surface area (TPSA) is 17.8 Å². The van der Waals surface area contributed by atoms with Crippen molar-refractivity contribution < 1.29 is 0 Å². The Labute approximate surface area is 113 Å². The summed E-state index contributed by atoms with van der Waals surface area (Å²) in [6, 6.07) is 20.9. The first-order chi connectivity index (χ1) is 9.24. The summed E-state index contributed by atoms with van der Waals surface area (Å²) in [5, 5.41) is 4.60. The maximum atomic E-state index is 4.60. The molecule has 0 spiro atoms. The predicted molar refractivity (Wildman–Crippen MR) is 78.5 cm³/mol. The lowest BCUT2D eigenvalue weighted by Crippen LogP contribution is -1.98. The van der Waals surface area contributed by atoms with E-state index >= 15 is 0 Å². The van der Waals surface area contributed by atoms with Gasteiger partial charge in [-0.15, -0.1) is 0 Å². The molecule has 0 fully saturated rings. The minimum atomic E-state index is 1.03. The van der Waals surface area contributed by atoms with Gasteiger partial charge in [-0.05, 0) is 38.1 Å². The van der Waals surface area contributed by atoms with E-state index in [-0.39, 0.29) is 0 Å². The van der Waals surface area contributed by atoms with E-state index < -0.39 is 0 Å². The second-order valence-corrected chi connectivity index (χ2v) is 4.79. The van der Waals surface area contributed by atoms with E-state index in [2.05, 4.69) is 54.5 Å². The maximum Gasteiger partial charge on any atom is 0.0743 e. The number of benzene rings is 2. The molecule has 1 heterocycles. The lowest BCUT2D eigenvalue weighted by molar-refractivity contribution is 0.869. The lowest BCUT2D eigenvalue weighted by atomic mass is 10.1. The van der Waals surface area contributed by atoms with Crippen LogP contribution in [0.3, 0.4) is 0 Å². The van der Waals surface area contributed by atoms with Gasteiger partial charge in [0, 0.05) is 5.56 Å². The maximum absolute atomic E-state index is 4.60. The van der Waals surface area contributed by atoms with Crippen LogP contribution in [0.4, 0.5) is 0 Å². The van der Waals surface area contributed by atoms with E-state index in [0.29, 0.717) is 0 Å². The van der Waals surface area contributed by atoms with Crippen LogP contribution in [0.15, 0.2) is 60.7 Å².